The second-order valence-corrected chi connectivity index (χ2v) is 3.62. The number of nitrogens with zero attached hydrogens (tertiary/aromatic N) is 5. The molecule has 0 saturated carbocycles. The van der Waals surface area contributed by atoms with Crippen molar-refractivity contribution in [3.63, 3.8) is 0 Å². The average molecular weight is 251 g/mol. The number of nitrogens with one attached hydrogen (secondary N) is 2. The number of hydrogen-bond acceptors (Lipinski definition) is 6. The molecule has 0 amide bonds. The second-order valence-electron chi connectivity index (χ2n) is 3.62. The summed E-state index contributed by atoms with van der Waals surface area (Å²) in [6.07, 6.45) is 0. The zero-order chi connectivity index (χ0) is 13.7. The molecular weight excluding hydrogens is 242 g/mol. The largest absolute Gasteiger partial charge is 0.277 e. The molecule has 0 spiro atoms. The van der Waals surface area contributed by atoms with Crippen LogP contribution < -0.4 is 5.43 Å². The van der Waals surface area contributed by atoms with Gasteiger partial charge in [-0.2, -0.15) is 20.7 Å². The van der Waals surface area contributed by atoms with Gasteiger partial charge in [0.1, 0.15) is 18.0 Å². The first-order valence-electron chi connectivity index (χ1n) is 5.36. The molecule has 0 fully saturated rings. The summed E-state index contributed by atoms with van der Waals surface area (Å²) in [5, 5.41) is 27.5. The Balaban J connectivity index is 2.14. The lowest BCUT2D eigenvalue weighted by atomic mass is 10.2. The number of aromatic amines is 1. The van der Waals surface area contributed by atoms with E-state index in [0.29, 0.717) is 11.5 Å². The van der Waals surface area contributed by atoms with Crippen LogP contribution in [0.2, 0.25) is 0 Å². The number of hydrazone groups is 1. The predicted octanol–water partition coefficient (Wildman–Crippen LogP) is 1.60. The van der Waals surface area contributed by atoms with Gasteiger partial charge in [0.05, 0.1) is 5.69 Å². The molecule has 1 heterocycles. The predicted molar refractivity (Wildman–Crippen MR) is 68.8 cm³/mol. The van der Waals surface area contributed by atoms with E-state index in [9.17, 15) is 0 Å². The molecule has 0 radical (unpaired) electrons. The molecule has 0 atom stereocenters. The van der Waals surface area contributed by atoms with Crippen molar-refractivity contribution < 1.29 is 0 Å². The van der Waals surface area contributed by atoms with E-state index in [1.807, 2.05) is 19.1 Å². The average Bonchev–Trinajstić information content (AvgIpc) is 2.87. The molecule has 0 bridgehead atoms. The van der Waals surface area contributed by atoms with Gasteiger partial charge in [-0.3, -0.25) is 10.5 Å². The maximum absolute atomic E-state index is 8.54. The highest BCUT2D eigenvalue weighted by atomic mass is 15.3. The smallest absolute Gasteiger partial charge is 0.237 e. The van der Waals surface area contributed by atoms with E-state index in [-0.39, 0.29) is 5.71 Å². The molecule has 2 N–H and O–H groups in total. The van der Waals surface area contributed by atoms with Crippen LogP contribution in [0.4, 0.5) is 5.69 Å². The van der Waals surface area contributed by atoms with Gasteiger partial charge in [-0.1, -0.05) is 0 Å². The van der Waals surface area contributed by atoms with Gasteiger partial charge in [0.15, 0.2) is 5.82 Å². The highest BCUT2D eigenvalue weighted by Crippen LogP contribution is 2.17. The Bertz CT molecular complexity index is 666. The van der Waals surface area contributed by atoms with Gasteiger partial charge in [0.2, 0.25) is 5.71 Å². The lowest BCUT2D eigenvalue weighted by Crippen LogP contribution is -1.96. The molecule has 92 valence electrons. The number of benzene rings is 1. The molecule has 0 aliphatic heterocycles. The summed E-state index contributed by atoms with van der Waals surface area (Å²) < 4.78 is 0. The molecule has 0 unspecified atom stereocenters. The third kappa shape index (κ3) is 2.93. The van der Waals surface area contributed by atoms with Crippen molar-refractivity contribution in [2.75, 3.05) is 5.43 Å². The molecule has 7 nitrogen and oxygen atoms in total. The maximum Gasteiger partial charge on any atom is 0.237 e. The minimum Gasteiger partial charge on any atom is -0.277 e. The molecular formula is C12H9N7. The van der Waals surface area contributed by atoms with Crippen molar-refractivity contribution in [2.45, 2.75) is 6.92 Å². The van der Waals surface area contributed by atoms with E-state index in [1.165, 1.54) is 0 Å². The Kier molecular flexibility index (Phi) is 3.51. The SMILES string of the molecule is Cc1nc(-c2ccc(NN=C(C#N)C#N)cc2)n[nH]1. The minimum atomic E-state index is -0.228. The number of anilines is 1. The van der Waals surface area contributed by atoms with E-state index in [0.717, 1.165) is 11.4 Å². The number of rotatable bonds is 3. The van der Waals surface area contributed by atoms with Crippen molar-refractivity contribution >= 4 is 11.4 Å². The van der Waals surface area contributed by atoms with Crippen molar-refractivity contribution in [3.05, 3.63) is 30.1 Å². The molecule has 19 heavy (non-hydrogen) atoms. The maximum atomic E-state index is 8.54. The molecule has 2 aromatic rings. The summed E-state index contributed by atoms with van der Waals surface area (Å²) in [5.74, 6) is 1.36. The van der Waals surface area contributed by atoms with Gasteiger partial charge >= 0.3 is 0 Å². The quantitative estimate of drug-likeness (QED) is 0.635. The van der Waals surface area contributed by atoms with Gasteiger partial charge in [-0.15, -0.1) is 0 Å². The van der Waals surface area contributed by atoms with Gasteiger partial charge in [-0.25, -0.2) is 4.98 Å². The number of aryl methyl sites for hydroxylation is 1. The minimum absolute atomic E-state index is 0.228. The molecule has 7 heteroatoms. The molecule has 0 aliphatic carbocycles. The highest BCUT2D eigenvalue weighted by Gasteiger charge is 2.03. The van der Waals surface area contributed by atoms with Crippen LogP contribution in [0.15, 0.2) is 29.4 Å². The van der Waals surface area contributed by atoms with E-state index in [4.69, 9.17) is 10.5 Å². The van der Waals surface area contributed by atoms with Gasteiger partial charge < -0.3 is 0 Å². The Morgan fingerprint density at radius 3 is 2.47 bits per heavy atom. The fourth-order valence-corrected chi connectivity index (χ4v) is 1.36. The molecule has 1 aromatic carbocycles. The number of nitriles is 2. The summed E-state index contributed by atoms with van der Waals surface area (Å²) in [6.45, 7) is 1.83. The van der Waals surface area contributed by atoms with E-state index in [2.05, 4.69) is 25.7 Å². The fraction of sp³-hybridized carbons (Fsp3) is 0.0833. The first-order valence-corrected chi connectivity index (χ1v) is 5.36. The van der Waals surface area contributed by atoms with Crippen LogP contribution in [0.5, 0.6) is 0 Å². The molecule has 0 saturated heterocycles. The van der Waals surface area contributed by atoms with Crippen LogP contribution in [0.25, 0.3) is 11.4 Å². The van der Waals surface area contributed by atoms with Crippen molar-refractivity contribution in [1.29, 1.82) is 10.5 Å². The topological polar surface area (TPSA) is 114 Å². The van der Waals surface area contributed by atoms with Gasteiger partial charge in [-0.05, 0) is 31.2 Å². The molecule has 2 rings (SSSR count). The van der Waals surface area contributed by atoms with Crippen molar-refractivity contribution in [3.8, 4) is 23.5 Å². The Morgan fingerprint density at radius 2 is 1.95 bits per heavy atom. The van der Waals surface area contributed by atoms with Crippen LogP contribution in [0, 0.1) is 29.6 Å². The van der Waals surface area contributed by atoms with E-state index < -0.39 is 0 Å². The molecule has 1 aromatic heterocycles. The van der Waals surface area contributed by atoms with Crippen LogP contribution >= 0.6 is 0 Å². The van der Waals surface area contributed by atoms with Crippen LogP contribution in [0.1, 0.15) is 5.82 Å². The van der Waals surface area contributed by atoms with Crippen molar-refractivity contribution in [2.24, 2.45) is 5.10 Å². The summed E-state index contributed by atoms with van der Waals surface area (Å²) in [5.41, 5.74) is 3.92. The number of hydrogen-bond donors (Lipinski definition) is 2. The lowest BCUT2D eigenvalue weighted by molar-refractivity contribution is 1.04. The third-order valence-corrected chi connectivity index (χ3v) is 2.25. The van der Waals surface area contributed by atoms with E-state index >= 15 is 0 Å². The summed E-state index contributed by atoms with van der Waals surface area (Å²) in [6, 6.07) is 10.5. The van der Waals surface area contributed by atoms with Crippen LogP contribution in [0.3, 0.4) is 0 Å². The summed E-state index contributed by atoms with van der Waals surface area (Å²) in [7, 11) is 0. The van der Waals surface area contributed by atoms with Crippen molar-refractivity contribution in [1.82, 2.24) is 15.2 Å². The first-order chi connectivity index (χ1) is 9.22. The first kappa shape index (κ1) is 12.3. The Morgan fingerprint density at radius 1 is 1.26 bits per heavy atom. The summed E-state index contributed by atoms with van der Waals surface area (Å²) in [4.78, 5) is 4.21. The van der Waals surface area contributed by atoms with E-state index in [1.54, 1.807) is 24.3 Å². The summed E-state index contributed by atoms with van der Waals surface area (Å²) >= 11 is 0. The van der Waals surface area contributed by atoms with Gasteiger partial charge in [0, 0.05) is 5.56 Å². The number of H-pyrrole nitrogens is 1. The zero-order valence-electron chi connectivity index (χ0n) is 10.0. The van der Waals surface area contributed by atoms with Crippen LogP contribution in [-0.2, 0) is 0 Å². The Labute approximate surface area is 109 Å². The van der Waals surface area contributed by atoms with Crippen LogP contribution in [-0.4, -0.2) is 20.9 Å². The zero-order valence-corrected chi connectivity index (χ0v) is 10.0. The monoisotopic (exact) mass is 251 g/mol. The Hall–Kier alpha value is -3.19. The fourth-order valence-electron chi connectivity index (χ4n) is 1.36. The highest BCUT2D eigenvalue weighted by molar-refractivity contribution is 6.10. The normalized spacial score (nSPS) is 9.21. The van der Waals surface area contributed by atoms with Gasteiger partial charge in [0.25, 0.3) is 0 Å². The third-order valence-electron chi connectivity index (χ3n) is 2.25. The molecule has 0 aliphatic rings. The number of aromatic nitrogens is 3. The second kappa shape index (κ2) is 5.43. The lowest BCUT2D eigenvalue weighted by Gasteiger charge is -2.00. The standard InChI is InChI=1S/C12H9N7/c1-8-15-12(19-16-8)9-2-4-10(5-3-9)17-18-11(6-13)7-14/h2-5,17H,1H3,(H,15,16,19).